The minimum Gasteiger partial charge on any atom is -0.496 e. The Morgan fingerprint density at radius 2 is 1.95 bits per heavy atom. The average Bonchev–Trinajstić information content (AvgIpc) is 2.85. The van der Waals surface area contributed by atoms with E-state index in [0.29, 0.717) is 6.04 Å². The maximum atomic E-state index is 5.88. The summed E-state index contributed by atoms with van der Waals surface area (Å²) < 4.78 is 13.1. The molecule has 108 valence electrons. The number of benzene rings is 1. The standard InChI is InChI=1S/C15H17Br2NO2/c1-9(2)18-8-10-4-5-14(20-10)11-6-15(19-3)13(17)7-12(11)16/h4-7,9,18H,8H2,1-3H3. The van der Waals surface area contributed by atoms with Gasteiger partial charge in [0.2, 0.25) is 0 Å². The van der Waals surface area contributed by atoms with E-state index in [1.54, 1.807) is 7.11 Å². The number of hydrogen-bond donors (Lipinski definition) is 1. The molecule has 3 nitrogen and oxygen atoms in total. The van der Waals surface area contributed by atoms with E-state index in [4.69, 9.17) is 9.15 Å². The van der Waals surface area contributed by atoms with Crippen molar-refractivity contribution in [3.8, 4) is 17.1 Å². The van der Waals surface area contributed by atoms with Crippen LogP contribution in [0.25, 0.3) is 11.3 Å². The summed E-state index contributed by atoms with van der Waals surface area (Å²) in [6.07, 6.45) is 0. The Morgan fingerprint density at radius 3 is 2.60 bits per heavy atom. The Morgan fingerprint density at radius 1 is 1.20 bits per heavy atom. The van der Waals surface area contributed by atoms with Crippen molar-refractivity contribution >= 4 is 31.9 Å². The van der Waals surface area contributed by atoms with Crippen molar-refractivity contribution in [1.29, 1.82) is 0 Å². The SMILES string of the molecule is COc1cc(-c2ccc(CNC(C)C)o2)c(Br)cc1Br. The predicted molar refractivity (Wildman–Crippen MR) is 88.1 cm³/mol. The van der Waals surface area contributed by atoms with Crippen LogP contribution in [0.4, 0.5) is 0 Å². The fraction of sp³-hybridized carbons (Fsp3) is 0.333. The van der Waals surface area contributed by atoms with Crippen LogP contribution in [0, 0.1) is 0 Å². The van der Waals surface area contributed by atoms with Gasteiger partial charge in [-0.25, -0.2) is 0 Å². The smallest absolute Gasteiger partial charge is 0.135 e. The number of nitrogens with one attached hydrogen (secondary N) is 1. The normalized spacial score (nSPS) is 11.1. The van der Waals surface area contributed by atoms with Crippen LogP contribution < -0.4 is 10.1 Å². The van der Waals surface area contributed by atoms with Crippen molar-refractivity contribution in [3.63, 3.8) is 0 Å². The summed E-state index contributed by atoms with van der Waals surface area (Å²) in [5.41, 5.74) is 0.973. The highest BCUT2D eigenvalue weighted by Crippen LogP contribution is 2.37. The molecule has 0 aliphatic heterocycles. The molecule has 5 heteroatoms. The van der Waals surface area contributed by atoms with Crippen molar-refractivity contribution in [2.45, 2.75) is 26.4 Å². The summed E-state index contributed by atoms with van der Waals surface area (Å²) in [7, 11) is 1.65. The predicted octanol–water partition coefficient (Wildman–Crippen LogP) is 4.98. The molecule has 0 unspecified atom stereocenters. The summed E-state index contributed by atoms with van der Waals surface area (Å²) in [6, 6.07) is 8.31. The fourth-order valence-corrected chi connectivity index (χ4v) is 3.15. The molecule has 0 atom stereocenters. The molecule has 2 rings (SSSR count). The number of halogens is 2. The molecule has 0 amide bonds. The summed E-state index contributed by atoms with van der Waals surface area (Å²) in [5, 5.41) is 3.34. The molecule has 0 saturated heterocycles. The quantitative estimate of drug-likeness (QED) is 0.765. The summed E-state index contributed by atoms with van der Waals surface area (Å²) >= 11 is 7.02. The van der Waals surface area contributed by atoms with Crippen molar-refractivity contribution < 1.29 is 9.15 Å². The molecule has 0 spiro atoms. The van der Waals surface area contributed by atoms with E-state index in [-0.39, 0.29) is 0 Å². The van der Waals surface area contributed by atoms with Crippen molar-refractivity contribution in [2.75, 3.05) is 7.11 Å². The third kappa shape index (κ3) is 3.65. The van der Waals surface area contributed by atoms with Crippen LogP contribution in [0.3, 0.4) is 0 Å². The molecule has 20 heavy (non-hydrogen) atoms. The lowest BCUT2D eigenvalue weighted by Gasteiger charge is -2.08. The topological polar surface area (TPSA) is 34.4 Å². The van der Waals surface area contributed by atoms with Gasteiger partial charge in [0.15, 0.2) is 0 Å². The van der Waals surface area contributed by atoms with Crippen molar-refractivity contribution in [2.24, 2.45) is 0 Å². The lowest BCUT2D eigenvalue weighted by Crippen LogP contribution is -2.21. The molecule has 1 N–H and O–H groups in total. The van der Waals surface area contributed by atoms with Gasteiger partial charge in [-0.2, -0.15) is 0 Å². The Hall–Kier alpha value is -0.780. The van der Waals surface area contributed by atoms with Gasteiger partial charge in [0, 0.05) is 16.1 Å². The molecule has 0 aliphatic rings. The zero-order chi connectivity index (χ0) is 14.7. The lowest BCUT2D eigenvalue weighted by atomic mass is 10.1. The maximum Gasteiger partial charge on any atom is 0.135 e. The summed E-state index contributed by atoms with van der Waals surface area (Å²) in [6.45, 7) is 4.95. The Bertz CT molecular complexity index is 594. The van der Waals surface area contributed by atoms with Gasteiger partial charge < -0.3 is 14.5 Å². The Labute approximate surface area is 136 Å². The second-order valence-electron chi connectivity index (χ2n) is 4.77. The van der Waals surface area contributed by atoms with E-state index in [1.165, 1.54) is 0 Å². The van der Waals surface area contributed by atoms with Gasteiger partial charge in [-0.3, -0.25) is 0 Å². The minimum absolute atomic E-state index is 0.433. The molecule has 0 fully saturated rings. The Kier molecular flexibility index (Phi) is 5.29. The number of rotatable bonds is 5. The highest BCUT2D eigenvalue weighted by atomic mass is 79.9. The Balaban J connectivity index is 2.27. The van der Waals surface area contributed by atoms with Crippen molar-refractivity contribution in [3.05, 3.63) is 39.0 Å². The van der Waals surface area contributed by atoms with Crippen LogP contribution >= 0.6 is 31.9 Å². The monoisotopic (exact) mass is 401 g/mol. The van der Waals surface area contributed by atoms with Gasteiger partial charge in [0.05, 0.1) is 18.1 Å². The van der Waals surface area contributed by atoms with Crippen LogP contribution in [0.1, 0.15) is 19.6 Å². The largest absolute Gasteiger partial charge is 0.496 e. The molecule has 1 aromatic heterocycles. The maximum absolute atomic E-state index is 5.88. The number of hydrogen-bond acceptors (Lipinski definition) is 3. The second kappa shape index (κ2) is 6.78. The first-order chi connectivity index (χ1) is 9.51. The average molecular weight is 403 g/mol. The van der Waals surface area contributed by atoms with Gasteiger partial charge in [-0.15, -0.1) is 0 Å². The highest BCUT2D eigenvalue weighted by Gasteiger charge is 2.12. The number of ether oxygens (including phenoxy) is 1. The van der Waals surface area contributed by atoms with Gasteiger partial charge in [0.1, 0.15) is 17.3 Å². The number of methoxy groups -OCH3 is 1. The van der Waals surface area contributed by atoms with E-state index in [2.05, 4.69) is 51.0 Å². The summed E-state index contributed by atoms with van der Waals surface area (Å²) in [4.78, 5) is 0. The third-order valence-corrected chi connectivity index (χ3v) is 4.13. The molecule has 2 aromatic rings. The summed E-state index contributed by atoms with van der Waals surface area (Å²) in [5.74, 6) is 2.52. The molecule has 1 heterocycles. The molecular formula is C15H17Br2NO2. The highest BCUT2D eigenvalue weighted by molar-refractivity contribution is 9.11. The van der Waals surface area contributed by atoms with Gasteiger partial charge >= 0.3 is 0 Å². The van der Waals surface area contributed by atoms with Crippen LogP contribution in [0.2, 0.25) is 0 Å². The second-order valence-corrected chi connectivity index (χ2v) is 6.48. The van der Waals surface area contributed by atoms with Crippen LogP contribution in [0.5, 0.6) is 5.75 Å². The molecular weight excluding hydrogens is 386 g/mol. The minimum atomic E-state index is 0.433. The van der Waals surface area contributed by atoms with Crippen molar-refractivity contribution in [1.82, 2.24) is 5.32 Å². The van der Waals surface area contributed by atoms with E-state index >= 15 is 0 Å². The van der Waals surface area contributed by atoms with Gasteiger partial charge in [-0.05, 0) is 56.1 Å². The molecule has 0 radical (unpaired) electrons. The van der Waals surface area contributed by atoms with E-state index < -0.39 is 0 Å². The fourth-order valence-electron chi connectivity index (χ4n) is 1.80. The van der Waals surface area contributed by atoms with Gasteiger partial charge in [-0.1, -0.05) is 13.8 Å². The molecule has 0 saturated carbocycles. The molecule has 1 aromatic carbocycles. The number of furan rings is 1. The zero-order valence-corrected chi connectivity index (χ0v) is 14.8. The van der Waals surface area contributed by atoms with E-state index in [1.807, 2.05) is 24.3 Å². The van der Waals surface area contributed by atoms with Crippen LogP contribution in [-0.4, -0.2) is 13.2 Å². The third-order valence-electron chi connectivity index (χ3n) is 2.85. The van der Waals surface area contributed by atoms with E-state index in [0.717, 1.165) is 38.3 Å². The lowest BCUT2D eigenvalue weighted by molar-refractivity contribution is 0.412. The van der Waals surface area contributed by atoms with Gasteiger partial charge in [0.25, 0.3) is 0 Å². The zero-order valence-electron chi connectivity index (χ0n) is 11.7. The molecule has 0 bridgehead atoms. The molecule has 0 aliphatic carbocycles. The first-order valence-corrected chi connectivity index (χ1v) is 7.95. The van der Waals surface area contributed by atoms with Crippen LogP contribution in [0.15, 0.2) is 37.6 Å². The first-order valence-electron chi connectivity index (χ1n) is 6.36. The van der Waals surface area contributed by atoms with E-state index in [9.17, 15) is 0 Å². The first kappa shape index (κ1) is 15.6. The van der Waals surface area contributed by atoms with Crippen LogP contribution in [-0.2, 0) is 6.54 Å².